The molecule has 2 aromatic carbocycles. The molecule has 0 saturated heterocycles. The third kappa shape index (κ3) is 7.27. The third-order valence-corrected chi connectivity index (χ3v) is 6.39. The summed E-state index contributed by atoms with van der Waals surface area (Å²) in [4.78, 5) is 14.4. The monoisotopic (exact) mass is 417 g/mol. The van der Waals surface area contributed by atoms with Gasteiger partial charge in [0.1, 0.15) is 0 Å². The average molecular weight is 418 g/mol. The molecular weight excluding hydrogens is 386 g/mol. The number of nitrogens with one attached hydrogen (secondary N) is 2. The van der Waals surface area contributed by atoms with E-state index in [1.165, 1.54) is 5.56 Å². The molecule has 0 atom stereocenters. The van der Waals surface area contributed by atoms with Gasteiger partial charge in [0.15, 0.2) is 0 Å². The van der Waals surface area contributed by atoms with Gasteiger partial charge in [-0.3, -0.25) is 4.79 Å². The second-order valence-electron chi connectivity index (χ2n) is 7.45. The van der Waals surface area contributed by atoms with Crippen LogP contribution < -0.4 is 10.0 Å². The maximum Gasteiger partial charge on any atom is 0.241 e. The van der Waals surface area contributed by atoms with Crippen molar-refractivity contribution in [3.63, 3.8) is 0 Å². The molecule has 2 aromatic rings. The maximum atomic E-state index is 12.6. The standard InChI is InChI=1S/C22H31N3O3S/c1-17-14-18(2)22(19(3)15-17)29(27,28)24-11-10-21(26)23-12-13-25(4)16-20-8-6-5-7-9-20/h5-9,14-15,24H,10-13,16H2,1-4H3,(H,23,26). The zero-order valence-corrected chi connectivity index (χ0v) is 18.5. The molecule has 0 aliphatic carbocycles. The summed E-state index contributed by atoms with van der Waals surface area (Å²) in [5.74, 6) is -0.168. The van der Waals surface area contributed by atoms with E-state index in [0.717, 1.165) is 12.1 Å². The van der Waals surface area contributed by atoms with Crippen LogP contribution in [0.2, 0.25) is 0 Å². The van der Waals surface area contributed by atoms with Crippen LogP contribution in [0, 0.1) is 20.8 Å². The van der Waals surface area contributed by atoms with E-state index in [1.54, 1.807) is 13.8 Å². The van der Waals surface area contributed by atoms with Crippen molar-refractivity contribution in [1.82, 2.24) is 14.9 Å². The van der Waals surface area contributed by atoms with Gasteiger partial charge in [0.05, 0.1) is 4.90 Å². The van der Waals surface area contributed by atoms with Gasteiger partial charge < -0.3 is 10.2 Å². The Labute approximate surface area is 174 Å². The number of aryl methyl sites for hydroxylation is 3. The van der Waals surface area contributed by atoms with E-state index in [1.807, 2.05) is 44.3 Å². The highest BCUT2D eigenvalue weighted by Gasteiger charge is 2.19. The summed E-state index contributed by atoms with van der Waals surface area (Å²) in [5, 5.41) is 2.84. The third-order valence-electron chi connectivity index (χ3n) is 4.63. The summed E-state index contributed by atoms with van der Waals surface area (Å²) in [6, 6.07) is 13.8. The Bertz CT molecular complexity index is 905. The van der Waals surface area contributed by atoms with Crippen molar-refractivity contribution in [3.05, 3.63) is 64.7 Å². The molecule has 0 aliphatic heterocycles. The van der Waals surface area contributed by atoms with Crippen molar-refractivity contribution < 1.29 is 13.2 Å². The zero-order chi connectivity index (χ0) is 21.4. The largest absolute Gasteiger partial charge is 0.355 e. The molecule has 0 aromatic heterocycles. The van der Waals surface area contributed by atoms with E-state index in [-0.39, 0.29) is 18.9 Å². The molecule has 1 amide bonds. The van der Waals surface area contributed by atoms with Gasteiger partial charge in [0, 0.05) is 32.6 Å². The number of hydrogen-bond donors (Lipinski definition) is 2. The Morgan fingerprint density at radius 3 is 2.24 bits per heavy atom. The van der Waals surface area contributed by atoms with Gasteiger partial charge in [-0.05, 0) is 44.5 Å². The molecule has 0 spiro atoms. The van der Waals surface area contributed by atoms with Crippen molar-refractivity contribution in [3.8, 4) is 0 Å². The first-order valence-corrected chi connectivity index (χ1v) is 11.2. The highest BCUT2D eigenvalue weighted by molar-refractivity contribution is 7.89. The lowest BCUT2D eigenvalue weighted by Gasteiger charge is -2.17. The summed E-state index contributed by atoms with van der Waals surface area (Å²) in [7, 11) is -1.64. The number of hydrogen-bond acceptors (Lipinski definition) is 4. The number of likely N-dealkylation sites (N-methyl/N-ethyl adjacent to an activating group) is 1. The van der Waals surface area contributed by atoms with Crippen molar-refractivity contribution in [1.29, 1.82) is 0 Å². The van der Waals surface area contributed by atoms with Gasteiger partial charge >= 0.3 is 0 Å². The van der Waals surface area contributed by atoms with E-state index in [4.69, 9.17) is 0 Å². The minimum Gasteiger partial charge on any atom is -0.355 e. The van der Waals surface area contributed by atoms with Crippen molar-refractivity contribution >= 4 is 15.9 Å². The molecule has 158 valence electrons. The SMILES string of the molecule is Cc1cc(C)c(S(=O)(=O)NCCC(=O)NCCN(C)Cc2ccccc2)c(C)c1. The second-order valence-corrected chi connectivity index (χ2v) is 9.15. The van der Waals surface area contributed by atoms with Crippen LogP contribution in [0.5, 0.6) is 0 Å². The molecule has 0 fully saturated rings. The number of amides is 1. The first-order chi connectivity index (χ1) is 13.7. The summed E-state index contributed by atoms with van der Waals surface area (Å²) < 4.78 is 27.7. The lowest BCUT2D eigenvalue weighted by Crippen LogP contribution is -2.35. The van der Waals surface area contributed by atoms with E-state index in [9.17, 15) is 13.2 Å². The van der Waals surface area contributed by atoms with Crippen LogP contribution in [0.1, 0.15) is 28.7 Å². The van der Waals surface area contributed by atoms with Gasteiger partial charge in [-0.15, -0.1) is 0 Å². The van der Waals surface area contributed by atoms with Crippen molar-refractivity contribution in [2.75, 3.05) is 26.7 Å². The van der Waals surface area contributed by atoms with Gasteiger partial charge in [0.25, 0.3) is 0 Å². The first kappa shape index (κ1) is 23.1. The molecule has 7 heteroatoms. The van der Waals surface area contributed by atoms with E-state index >= 15 is 0 Å². The molecule has 6 nitrogen and oxygen atoms in total. The lowest BCUT2D eigenvalue weighted by atomic mass is 10.1. The van der Waals surface area contributed by atoms with Crippen LogP contribution in [0.4, 0.5) is 0 Å². The first-order valence-electron chi connectivity index (χ1n) is 9.75. The number of sulfonamides is 1. The van der Waals surface area contributed by atoms with Gasteiger partial charge in [-0.1, -0.05) is 48.0 Å². The summed E-state index contributed by atoms with van der Waals surface area (Å²) in [5.41, 5.74) is 3.66. The van der Waals surface area contributed by atoms with E-state index in [0.29, 0.717) is 29.1 Å². The van der Waals surface area contributed by atoms with Gasteiger partial charge in [-0.2, -0.15) is 0 Å². The second kappa shape index (κ2) is 10.5. The van der Waals surface area contributed by atoms with Crippen LogP contribution in [0.3, 0.4) is 0 Å². The maximum absolute atomic E-state index is 12.6. The molecule has 0 heterocycles. The minimum atomic E-state index is -3.64. The molecule has 2 rings (SSSR count). The molecule has 29 heavy (non-hydrogen) atoms. The Morgan fingerprint density at radius 2 is 1.62 bits per heavy atom. The molecule has 0 bridgehead atoms. The number of carbonyl (C=O) groups excluding carboxylic acids is 1. The molecular formula is C22H31N3O3S. The number of nitrogens with zero attached hydrogens (tertiary/aromatic N) is 1. The summed E-state index contributed by atoms with van der Waals surface area (Å²) >= 11 is 0. The highest BCUT2D eigenvalue weighted by Crippen LogP contribution is 2.21. The smallest absolute Gasteiger partial charge is 0.241 e. The van der Waals surface area contributed by atoms with Crippen LogP contribution in [-0.4, -0.2) is 45.9 Å². The van der Waals surface area contributed by atoms with Crippen LogP contribution in [-0.2, 0) is 21.4 Å². The summed E-state index contributed by atoms with van der Waals surface area (Å²) in [6.07, 6.45) is 0.103. The van der Waals surface area contributed by atoms with E-state index < -0.39 is 10.0 Å². The Hall–Kier alpha value is -2.22. The normalized spacial score (nSPS) is 11.6. The number of carbonyl (C=O) groups is 1. The van der Waals surface area contributed by atoms with Crippen molar-refractivity contribution in [2.45, 2.75) is 38.6 Å². The fourth-order valence-corrected chi connectivity index (χ4v) is 4.89. The fraction of sp³-hybridized carbons (Fsp3) is 0.409. The zero-order valence-electron chi connectivity index (χ0n) is 17.7. The Balaban J connectivity index is 1.74. The number of rotatable bonds is 10. The topological polar surface area (TPSA) is 78.5 Å². The fourth-order valence-electron chi connectivity index (χ4n) is 3.41. The molecule has 2 N–H and O–H groups in total. The molecule has 0 aliphatic rings. The molecule has 0 saturated carbocycles. The Morgan fingerprint density at radius 1 is 1.00 bits per heavy atom. The molecule has 0 radical (unpaired) electrons. The van der Waals surface area contributed by atoms with Gasteiger partial charge in [-0.25, -0.2) is 13.1 Å². The number of benzene rings is 2. The van der Waals surface area contributed by atoms with Gasteiger partial charge in [0.2, 0.25) is 15.9 Å². The highest BCUT2D eigenvalue weighted by atomic mass is 32.2. The van der Waals surface area contributed by atoms with Crippen LogP contribution in [0.15, 0.2) is 47.4 Å². The predicted molar refractivity (Wildman–Crippen MR) is 116 cm³/mol. The summed E-state index contributed by atoms with van der Waals surface area (Å²) in [6.45, 7) is 7.62. The van der Waals surface area contributed by atoms with E-state index in [2.05, 4.69) is 27.1 Å². The minimum absolute atomic E-state index is 0.0702. The quantitative estimate of drug-likeness (QED) is 0.623. The Kier molecular flexibility index (Phi) is 8.37. The van der Waals surface area contributed by atoms with Crippen molar-refractivity contribution in [2.24, 2.45) is 0 Å². The average Bonchev–Trinajstić information content (AvgIpc) is 2.61. The van der Waals surface area contributed by atoms with Crippen LogP contribution >= 0.6 is 0 Å². The van der Waals surface area contributed by atoms with Crippen LogP contribution in [0.25, 0.3) is 0 Å². The lowest BCUT2D eigenvalue weighted by molar-refractivity contribution is -0.120. The molecule has 0 unspecified atom stereocenters. The predicted octanol–water partition coefficient (Wildman–Crippen LogP) is 2.53.